The van der Waals surface area contributed by atoms with Crippen molar-refractivity contribution < 1.29 is 9.47 Å². The number of nitrogens with one attached hydrogen (secondary N) is 1. The van der Waals surface area contributed by atoms with E-state index in [2.05, 4.69) is 31.9 Å². The summed E-state index contributed by atoms with van der Waals surface area (Å²) in [5.74, 6) is 2.63. The second-order valence-electron chi connectivity index (χ2n) is 7.24. The van der Waals surface area contributed by atoms with Crippen molar-refractivity contribution >= 4 is 41.5 Å². The van der Waals surface area contributed by atoms with Crippen molar-refractivity contribution in [2.45, 2.75) is 38.8 Å². The lowest BCUT2D eigenvalue weighted by molar-refractivity contribution is 0.117. The first kappa shape index (κ1) is 25.7. The minimum absolute atomic E-state index is 0. The number of ether oxygens (including phenoxy) is 2. The molecule has 1 aliphatic rings. The third-order valence-corrected chi connectivity index (χ3v) is 5.24. The van der Waals surface area contributed by atoms with Crippen LogP contribution in [0.15, 0.2) is 35.6 Å². The van der Waals surface area contributed by atoms with E-state index in [1.807, 2.05) is 31.3 Å². The lowest BCUT2D eigenvalue weighted by atomic mass is 10.2. The Labute approximate surface area is 206 Å². The normalized spacial score (nSPS) is 16.1. The summed E-state index contributed by atoms with van der Waals surface area (Å²) < 4.78 is 13.6. The van der Waals surface area contributed by atoms with Crippen LogP contribution in [0.2, 0.25) is 5.02 Å². The molecule has 3 rings (SSSR count). The summed E-state index contributed by atoms with van der Waals surface area (Å²) in [5.41, 5.74) is 0. The van der Waals surface area contributed by atoms with Crippen LogP contribution >= 0.6 is 35.6 Å². The predicted molar refractivity (Wildman–Crippen MR) is 134 cm³/mol. The maximum Gasteiger partial charge on any atom is 0.193 e. The average Bonchev–Trinajstić information content (AvgIpc) is 3.43. The van der Waals surface area contributed by atoms with E-state index in [0.29, 0.717) is 24.7 Å². The molecule has 0 radical (unpaired) electrons. The van der Waals surface area contributed by atoms with Gasteiger partial charge in [-0.1, -0.05) is 18.5 Å². The first-order chi connectivity index (χ1) is 14.7. The third-order valence-electron chi connectivity index (χ3n) is 4.99. The van der Waals surface area contributed by atoms with E-state index in [-0.39, 0.29) is 30.1 Å². The molecule has 2 aromatic rings. The molecule has 8 nitrogen and oxygen atoms in total. The highest BCUT2D eigenvalue weighted by Crippen LogP contribution is 2.15. The van der Waals surface area contributed by atoms with Crippen molar-refractivity contribution in [1.82, 2.24) is 25.0 Å². The summed E-state index contributed by atoms with van der Waals surface area (Å²) in [6, 6.07) is 7.40. The summed E-state index contributed by atoms with van der Waals surface area (Å²) in [6.07, 6.45) is 5.03. The average molecular weight is 563 g/mol. The van der Waals surface area contributed by atoms with Crippen molar-refractivity contribution in [3.05, 3.63) is 41.4 Å². The van der Waals surface area contributed by atoms with Crippen LogP contribution in [0, 0.1) is 0 Å². The highest BCUT2D eigenvalue weighted by molar-refractivity contribution is 14.0. The Morgan fingerprint density at radius 2 is 2.19 bits per heavy atom. The van der Waals surface area contributed by atoms with Gasteiger partial charge in [0.2, 0.25) is 0 Å². The molecule has 1 fully saturated rings. The van der Waals surface area contributed by atoms with Gasteiger partial charge in [-0.05, 0) is 37.1 Å². The van der Waals surface area contributed by atoms with E-state index in [0.717, 1.165) is 56.5 Å². The molecule has 0 saturated carbocycles. The number of guanidine groups is 1. The van der Waals surface area contributed by atoms with Gasteiger partial charge in [0.15, 0.2) is 5.96 Å². The minimum Gasteiger partial charge on any atom is -0.492 e. The second kappa shape index (κ2) is 13.7. The highest BCUT2D eigenvalue weighted by Gasteiger charge is 2.16. The Morgan fingerprint density at radius 3 is 2.90 bits per heavy atom. The third kappa shape index (κ3) is 8.46. The fraction of sp³-hybridized carbons (Fsp3) is 0.571. The first-order valence-corrected chi connectivity index (χ1v) is 10.9. The van der Waals surface area contributed by atoms with Gasteiger partial charge >= 0.3 is 0 Å². The molecule has 0 spiro atoms. The molecular weight excluding hydrogens is 531 g/mol. The molecule has 1 saturated heterocycles. The van der Waals surface area contributed by atoms with Gasteiger partial charge in [0.1, 0.15) is 24.5 Å². The maximum absolute atomic E-state index is 5.92. The van der Waals surface area contributed by atoms with Crippen LogP contribution in [-0.2, 0) is 17.7 Å². The van der Waals surface area contributed by atoms with Crippen molar-refractivity contribution in [1.29, 1.82) is 0 Å². The number of aryl methyl sites for hydroxylation is 1. The van der Waals surface area contributed by atoms with Gasteiger partial charge in [0.05, 0.1) is 19.2 Å². The largest absolute Gasteiger partial charge is 0.492 e. The molecule has 1 N–H and O–H groups in total. The van der Waals surface area contributed by atoms with Gasteiger partial charge in [-0.15, -0.1) is 34.2 Å². The number of halogens is 2. The fourth-order valence-electron chi connectivity index (χ4n) is 3.25. The van der Waals surface area contributed by atoms with Crippen molar-refractivity contribution in [3.8, 4) is 5.75 Å². The van der Waals surface area contributed by atoms with Crippen LogP contribution in [0.25, 0.3) is 0 Å². The van der Waals surface area contributed by atoms with Gasteiger partial charge in [-0.3, -0.25) is 4.99 Å². The van der Waals surface area contributed by atoms with Crippen molar-refractivity contribution in [2.75, 3.05) is 39.9 Å². The molecule has 0 aliphatic carbocycles. The Kier molecular flexibility index (Phi) is 11.4. The van der Waals surface area contributed by atoms with Crippen LogP contribution < -0.4 is 10.1 Å². The Morgan fingerprint density at radius 1 is 1.39 bits per heavy atom. The summed E-state index contributed by atoms with van der Waals surface area (Å²) in [6.45, 7) is 6.34. The summed E-state index contributed by atoms with van der Waals surface area (Å²) in [5, 5.41) is 12.3. The quantitative estimate of drug-likeness (QED) is 0.272. The molecule has 1 aliphatic heterocycles. The zero-order valence-electron chi connectivity index (χ0n) is 18.2. The van der Waals surface area contributed by atoms with E-state index in [9.17, 15) is 0 Å². The smallest absolute Gasteiger partial charge is 0.193 e. The number of likely N-dealkylation sites (N-methyl/N-ethyl adjacent to an activating group) is 1. The first-order valence-electron chi connectivity index (χ1n) is 10.5. The minimum atomic E-state index is 0. The summed E-state index contributed by atoms with van der Waals surface area (Å²) in [4.78, 5) is 6.88. The number of rotatable bonds is 10. The number of aliphatic imine (C=N–C) groups is 1. The molecule has 1 aromatic heterocycles. The molecular formula is C21H32ClIN6O2. The van der Waals surface area contributed by atoms with E-state index < -0.39 is 0 Å². The van der Waals surface area contributed by atoms with Crippen LogP contribution in [0.5, 0.6) is 5.75 Å². The Balaban J connectivity index is 0.00000341. The number of hydrogen-bond donors (Lipinski definition) is 1. The molecule has 0 bridgehead atoms. The van der Waals surface area contributed by atoms with E-state index in [1.165, 1.54) is 0 Å². The van der Waals surface area contributed by atoms with Crippen LogP contribution in [0.1, 0.15) is 25.6 Å². The molecule has 2 heterocycles. The van der Waals surface area contributed by atoms with Gasteiger partial charge in [0.25, 0.3) is 0 Å². The van der Waals surface area contributed by atoms with Gasteiger partial charge in [0, 0.05) is 38.2 Å². The molecule has 1 atom stereocenters. The van der Waals surface area contributed by atoms with Crippen molar-refractivity contribution in [2.24, 2.45) is 4.99 Å². The molecule has 172 valence electrons. The molecule has 0 amide bonds. The monoisotopic (exact) mass is 562 g/mol. The van der Waals surface area contributed by atoms with Crippen molar-refractivity contribution in [3.63, 3.8) is 0 Å². The summed E-state index contributed by atoms with van der Waals surface area (Å²) >= 11 is 5.92. The lowest BCUT2D eigenvalue weighted by Crippen LogP contribution is -2.42. The maximum atomic E-state index is 5.92. The van der Waals surface area contributed by atoms with Crippen LogP contribution in [0.3, 0.4) is 0 Å². The predicted octanol–water partition coefficient (Wildman–Crippen LogP) is 3.25. The standard InChI is InChI=1S/C21H31ClN6O2.HI/c1-3-20-26-25-16-28(20)11-10-23-21(24-15-19-5-4-13-29-19)27(2)12-14-30-18-8-6-17(22)7-9-18;/h6-9,16,19H,3-5,10-15H2,1-2H3,(H,23,24);1H. The lowest BCUT2D eigenvalue weighted by Gasteiger charge is -2.23. The summed E-state index contributed by atoms with van der Waals surface area (Å²) in [7, 11) is 2.02. The van der Waals surface area contributed by atoms with Gasteiger partial charge in [-0.2, -0.15) is 0 Å². The van der Waals surface area contributed by atoms with E-state index in [1.54, 1.807) is 6.33 Å². The molecule has 1 unspecified atom stereocenters. The van der Waals surface area contributed by atoms with E-state index in [4.69, 9.17) is 26.1 Å². The zero-order valence-corrected chi connectivity index (χ0v) is 21.3. The highest BCUT2D eigenvalue weighted by atomic mass is 127. The number of hydrogen-bond acceptors (Lipinski definition) is 5. The topological polar surface area (TPSA) is 76.8 Å². The van der Waals surface area contributed by atoms with Gasteiger partial charge in [-0.25, -0.2) is 0 Å². The zero-order chi connectivity index (χ0) is 21.2. The SMILES string of the molecule is CCc1nncn1CCNC(=NCC1CCCO1)N(C)CCOc1ccc(Cl)cc1.I. The second-order valence-corrected chi connectivity index (χ2v) is 7.68. The number of nitrogens with zero attached hydrogens (tertiary/aromatic N) is 5. The Hall–Kier alpha value is -1.59. The molecule has 1 aromatic carbocycles. The van der Waals surface area contributed by atoms with Gasteiger partial charge < -0.3 is 24.3 Å². The van der Waals surface area contributed by atoms with Crippen LogP contribution in [0.4, 0.5) is 0 Å². The number of aromatic nitrogens is 3. The molecule has 31 heavy (non-hydrogen) atoms. The Bertz CT molecular complexity index is 795. The van der Waals surface area contributed by atoms with Crippen LogP contribution in [-0.4, -0.2) is 71.6 Å². The fourth-order valence-corrected chi connectivity index (χ4v) is 3.38. The number of benzene rings is 1. The molecule has 10 heteroatoms. The van der Waals surface area contributed by atoms with E-state index >= 15 is 0 Å².